The summed E-state index contributed by atoms with van der Waals surface area (Å²) in [5, 5.41) is 0. The Morgan fingerprint density at radius 3 is 2.17 bits per heavy atom. The molecule has 1 aromatic carbocycles. The minimum absolute atomic E-state index is 0.607. The zero-order chi connectivity index (χ0) is 16.3. The van der Waals surface area contributed by atoms with Crippen LogP contribution in [0.1, 0.15) is 82.3 Å². The third-order valence-electron chi connectivity index (χ3n) is 5.51. The van der Waals surface area contributed by atoms with Crippen LogP contribution in [0.2, 0.25) is 0 Å². The molecule has 1 aliphatic rings. The maximum Gasteiger partial charge on any atom is 0.0872 e. The van der Waals surface area contributed by atoms with E-state index in [-0.39, 0.29) is 0 Å². The Bertz CT molecular complexity index is 438. The van der Waals surface area contributed by atoms with Crippen molar-refractivity contribution in [2.75, 3.05) is 0 Å². The molecule has 0 aliphatic heterocycles. The van der Waals surface area contributed by atoms with E-state index in [0.29, 0.717) is 6.33 Å². The van der Waals surface area contributed by atoms with E-state index >= 15 is 0 Å². The Morgan fingerprint density at radius 1 is 0.913 bits per heavy atom. The summed E-state index contributed by atoms with van der Waals surface area (Å²) < 4.78 is 12.1. The average molecular weight is 317 g/mol. The molecule has 1 heteroatoms. The number of rotatable bonds is 9. The second kappa shape index (κ2) is 10.6. The fourth-order valence-corrected chi connectivity index (χ4v) is 3.91. The molecule has 0 aromatic heterocycles. The smallest absolute Gasteiger partial charge is 0.0872 e. The van der Waals surface area contributed by atoms with Crippen molar-refractivity contribution in [2.45, 2.75) is 77.6 Å². The summed E-state index contributed by atoms with van der Waals surface area (Å²) in [4.78, 5) is 0. The number of benzene rings is 1. The minimum atomic E-state index is 0.607. The van der Waals surface area contributed by atoms with Crippen molar-refractivity contribution in [1.29, 1.82) is 0 Å². The molecule has 23 heavy (non-hydrogen) atoms. The summed E-state index contributed by atoms with van der Waals surface area (Å²) in [6.07, 6.45) is 17.5. The number of hydrogen-bond acceptors (Lipinski definition) is 0. The first kappa shape index (κ1) is 18.2. The van der Waals surface area contributed by atoms with E-state index in [1.807, 2.05) is 12.1 Å². The monoisotopic (exact) mass is 316 g/mol. The molecule has 128 valence electrons. The highest BCUT2D eigenvalue weighted by Crippen LogP contribution is 2.34. The van der Waals surface area contributed by atoms with Crippen molar-refractivity contribution in [3.8, 4) is 0 Å². The van der Waals surface area contributed by atoms with Crippen molar-refractivity contribution in [3.05, 3.63) is 41.7 Å². The van der Waals surface area contributed by atoms with Gasteiger partial charge >= 0.3 is 0 Å². The molecule has 0 N–H and O–H groups in total. The SMILES string of the molecule is CCCCCC[C@H]1CC[C@H](CCc2ccc(C=CF)cc2)CC1. The van der Waals surface area contributed by atoms with E-state index in [1.165, 1.54) is 82.3 Å². The molecule has 1 aromatic rings. The van der Waals surface area contributed by atoms with Gasteiger partial charge < -0.3 is 0 Å². The van der Waals surface area contributed by atoms with Crippen molar-refractivity contribution in [2.24, 2.45) is 11.8 Å². The van der Waals surface area contributed by atoms with Crippen molar-refractivity contribution < 1.29 is 4.39 Å². The van der Waals surface area contributed by atoms with Crippen LogP contribution < -0.4 is 0 Å². The second-order valence-corrected chi connectivity index (χ2v) is 7.31. The Hall–Kier alpha value is -1.11. The summed E-state index contributed by atoms with van der Waals surface area (Å²) in [7, 11) is 0. The first-order valence-corrected chi connectivity index (χ1v) is 9.67. The summed E-state index contributed by atoms with van der Waals surface area (Å²) in [6.45, 7) is 2.29. The molecular formula is C22H33F. The predicted molar refractivity (Wildman–Crippen MR) is 99.1 cm³/mol. The molecule has 0 radical (unpaired) electrons. The summed E-state index contributed by atoms with van der Waals surface area (Å²) in [5.74, 6) is 1.93. The van der Waals surface area contributed by atoms with Crippen molar-refractivity contribution >= 4 is 6.08 Å². The van der Waals surface area contributed by atoms with Gasteiger partial charge in [0.05, 0.1) is 6.33 Å². The van der Waals surface area contributed by atoms with Crippen LogP contribution in [0.3, 0.4) is 0 Å². The molecule has 0 bridgehead atoms. The molecule has 0 saturated heterocycles. The zero-order valence-electron chi connectivity index (χ0n) is 14.8. The molecule has 0 nitrogen and oxygen atoms in total. The van der Waals surface area contributed by atoms with Gasteiger partial charge in [-0.2, -0.15) is 0 Å². The van der Waals surface area contributed by atoms with E-state index in [9.17, 15) is 4.39 Å². The number of unbranched alkanes of at least 4 members (excludes halogenated alkanes) is 3. The molecule has 0 spiro atoms. The van der Waals surface area contributed by atoms with Crippen LogP contribution in [0.25, 0.3) is 6.08 Å². The number of aryl methyl sites for hydroxylation is 1. The van der Waals surface area contributed by atoms with Gasteiger partial charge in [0, 0.05) is 0 Å². The lowest BCUT2D eigenvalue weighted by atomic mass is 9.77. The topological polar surface area (TPSA) is 0 Å². The molecular weight excluding hydrogens is 283 g/mol. The highest BCUT2D eigenvalue weighted by atomic mass is 19.1. The van der Waals surface area contributed by atoms with E-state index in [0.717, 1.165) is 17.4 Å². The Morgan fingerprint density at radius 2 is 1.57 bits per heavy atom. The molecule has 2 rings (SSSR count). The van der Waals surface area contributed by atoms with Gasteiger partial charge in [0.1, 0.15) is 0 Å². The maximum atomic E-state index is 12.1. The lowest BCUT2D eigenvalue weighted by molar-refractivity contribution is 0.249. The zero-order valence-corrected chi connectivity index (χ0v) is 14.8. The first-order valence-electron chi connectivity index (χ1n) is 9.67. The van der Waals surface area contributed by atoms with Gasteiger partial charge in [-0.05, 0) is 41.9 Å². The molecule has 1 aliphatic carbocycles. The number of hydrogen-bond donors (Lipinski definition) is 0. The van der Waals surface area contributed by atoms with Gasteiger partial charge in [0.25, 0.3) is 0 Å². The summed E-state index contributed by atoms with van der Waals surface area (Å²) in [6, 6.07) is 8.32. The largest absolute Gasteiger partial charge is 0.216 e. The molecule has 0 heterocycles. The second-order valence-electron chi connectivity index (χ2n) is 7.31. The summed E-state index contributed by atoms with van der Waals surface area (Å²) in [5.41, 5.74) is 2.34. The van der Waals surface area contributed by atoms with Crippen LogP contribution in [-0.4, -0.2) is 0 Å². The molecule has 0 amide bonds. The van der Waals surface area contributed by atoms with E-state index in [2.05, 4.69) is 19.1 Å². The standard InChI is InChI=1S/C22H33F/c1-2-3-4-5-6-19-7-9-20(10-8-19)11-12-21-13-15-22(16-14-21)17-18-23/h13-20H,2-12H2,1H3/t19-,20-. The van der Waals surface area contributed by atoms with E-state index < -0.39 is 0 Å². The number of halogens is 1. The summed E-state index contributed by atoms with van der Waals surface area (Å²) >= 11 is 0. The third kappa shape index (κ3) is 6.89. The van der Waals surface area contributed by atoms with Crippen LogP contribution in [0.15, 0.2) is 30.6 Å². The van der Waals surface area contributed by atoms with Crippen molar-refractivity contribution in [1.82, 2.24) is 0 Å². The maximum absolute atomic E-state index is 12.1. The predicted octanol–water partition coefficient (Wildman–Crippen LogP) is 7.34. The Kier molecular flexibility index (Phi) is 8.42. The van der Waals surface area contributed by atoms with Gasteiger partial charge in [-0.1, -0.05) is 89.0 Å². The molecule has 1 saturated carbocycles. The molecule has 1 fully saturated rings. The Labute approximate surface area is 142 Å². The normalized spacial score (nSPS) is 21.8. The lowest BCUT2D eigenvalue weighted by Crippen LogP contribution is -2.15. The van der Waals surface area contributed by atoms with Crippen LogP contribution in [0.4, 0.5) is 4.39 Å². The third-order valence-corrected chi connectivity index (χ3v) is 5.51. The van der Waals surface area contributed by atoms with E-state index in [4.69, 9.17) is 0 Å². The van der Waals surface area contributed by atoms with Crippen LogP contribution in [0.5, 0.6) is 0 Å². The highest BCUT2D eigenvalue weighted by Gasteiger charge is 2.20. The average Bonchev–Trinajstić information content (AvgIpc) is 2.59. The highest BCUT2D eigenvalue weighted by molar-refractivity contribution is 5.48. The van der Waals surface area contributed by atoms with Crippen LogP contribution in [-0.2, 0) is 6.42 Å². The lowest BCUT2D eigenvalue weighted by Gasteiger charge is -2.28. The minimum Gasteiger partial charge on any atom is -0.216 e. The molecule has 0 unspecified atom stereocenters. The first-order chi connectivity index (χ1) is 11.3. The quantitative estimate of drug-likeness (QED) is 0.418. The fraction of sp³-hybridized carbons (Fsp3) is 0.636. The van der Waals surface area contributed by atoms with E-state index in [1.54, 1.807) is 0 Å². The van der Waals surface area contributed by atoms with Gasteiger partial charge in [-0.3, -0.25) is 0 Å². The van der Waals surface area contributed by atoms with Crippen LogP contribution >= 0.6 is 0 Å². The van der Waals surface area contributed by atoms with Gasteiger partial charge in [-0.15, -0.1) is 0 Å². The van der Waals surface area contributed by atoms with Crippen molar-refractivity contribution in [3.63, 3.8) is 0 Å². The van der Waals surface area contributed by atoms with Gasteiger partial charge in [0.15, 0.2) is 0 Å². The van der Waals surface area contributed by atoms with Crippen LogP contribution in [0, 0.1) is 11.8 Å². The molecule has 0 atom stereocenters. The fourth-order valence-electron chi connectivity index (χ4n) is 3.91. The van der Waals surface area contributed by atoms with Gasteiger partial charge in [0.2, 0.25) is 0 Å². The van der Waals surface area contributed by atoms with Gasteiger partial charge in [-0.25, -0.2) is 4.39 Å². The Balaban J connectivity index is 1.62.